The number of amides is 3. The van der Waals surface area contributed by atoms with Crippen LogP contribution in [0.1, 0.15) is 45.1 Å². The van der Waals surface area contributed by atoms with Gasteiger partial charge in [-0.1, -0.05) is 6.07 Å². The number of carbonyl (C=O) groups is 3. The number of aryl methyl sites for hydroxylation is 2. The fourth-order valence-corrected chi connectivity index (χ4v) is 2.85. The molecule has 1 aromatic heterocycles. The van der Waals surface area contributed by atoms with Crippen molar-refractivity contribution >= 4 is 23.4 Å². The van der Waals surface area contributed by atoms with E-state index in [1.54, 1.807) is 49.1 Å². The van der Waals surface area contributed by atoms with Gasteiger partial charge in [-0.2, -0.15) is 0 Å². The normalized spacial score (nSPS) is 13.8. The molecule has 0 aliphatic carbocycles. The van der Waals surface area contributed by atoms with Crippen LogP contribution in [0.5, 0.6) is 0 Å². The quantitative estimate of drug-likeness (QED) is 0.836. The molecule has 3 amide bonds. The molecule has 3 rings (SSSR count). The zero-order valence-electron chi connectivity index (χ0n) is 14.1. The Balaban J connectivity index is 1.66. The van der Waals surface area contributed by atoms with Crippen LogP contribution in [0.4, 0.5) is 5.69 Å². The highest BCUT2D eigenvalue weighted by atomic mass is 16.3. The van der Waals surface area contributed by atoms with Crippen molar-refractivity contribution in [3.63, 3.8) is 0 Å². The molecule has 0 saturated carbocycles. The largest absolute Gasteiger partial charge is 0.466 e. The highest BCUT2D eigenvalue weighted by Crippen LogP contribution is 2.22. The molecule has 7 heteroatoms. The molecule has 0 unspecified atom stereocenters. The lowest BCUT2D eigenvalue weighted by Gasteiger charge is -2.16. The van der Waals surface area contributed by atoms with Gasteiger partial charge in [-0.3, -0.25) is 25.2 Å². The molecule has 0 spiro atoms. The molecule has 1 saturated heterocycles. The topological polar surface area (TPSA) is 91.7 Å². The van der Waals surface area contributed by atoms with Gasteiger partial charge in [0.2, 0.25) is 5.91 Å². The van der Waals surface area contributed by atoms with Crippen LogP contribution in [0.2, 0.25) is 0 Å². The van der Waals surface area contributed by atoms with E-state index < -0.39 is 11.8 Å². The summed E-state index contributed by atoms with van der Waals surface area (Å²) >= 11 is 0. The van der Waals surface area contributed by atoms with E-state index >= 15 is 0 Å². The fourth-order valence-electron chi connectivity index (χ4n) is 2.85. The number of benzene rings is 1. The Morgan fingerprint density at radius 3 is 2.52 bits per heavy atom. The maximum atomic E-state index is 12.3. The summed E-state index contributed by atoms with van der Waals surface area (Å²) in [5.41, 5.74) is 6.16. The molecule has 1 aromatic carbocycles. The molecular formula is C18H19N3O4. The lowest BCUT2D eigenvalue weighted by atomic mass is 10.2. The van der Waals surface area contributed by atoms with Gasteiger partial charge in [0.05, 0.1) is 5.56 Å². The minimum Gasteiger partial charge on any atom is -0.466 e. The van der Waals surface area contributed by atoms with Crippen LogP contribution in [0.25, 0.3) is 0 Å². The number of hydrogen-bond donors (Lipinski definition) is 2. The van der Waals surface area contributed by atoms with Crippen molar-refractivity contribution in [2.24, 2.45) is 0 Å². The van der Waals surface area contributed by atoms with Gasteiger partial charge in [0.25, 0.3) is 11.8 Å². The first-order valence-corrected chi connectivity index (χ1v) is 8.04. The SMILES string of the molecule is Cc1cc(C(=O)NNC(=O)c2cccc(N3CCCC3=O)c2)c(C)o1. The molecular weight excluding hydrogens is 322 g/mol. The van der Waals surface area contributed by atoms with E-state index in [1.165, 1.54) is 0 Å². The van der Waals surface area contributed by atoms with Crippen molar-refractivity contribution in [1.29, 1.82) is 0 Å². The van der Waals surface area contributed by atoms with Crippen LogP contribution in [0.15, 0.2) is 34.7 Å². The van der Waals surface area contributed by atoms with Gasteiger partial charge in [0, 0.05) is 24.2 Å². The first-order chi connectivity index (χ1) is 12.0. The van der Waals surface area contributed by atoms with Gasteiger partial charge in [0.15, 0.2) is 0 Å². The highest BCUT2D eigenvalue weighted by molar-refractivity contribution is 6.01. The molecule has 130 valence electrons. The van der Waals surface area contributed by atoms with E-state index in [4.69, 9.17) is 4.42 Å². The second-order valence-electron chi connectivity index (χ2n) is 5.93. The number of hydrogen-bond acceptors (Lipinski definition) is 4. The molecule has 1 aliphatic heterocycles. The van der Waals surface area contributed by atoms with Crippen molar-refractivity contribution in [2.75, 3.05) is 11.4 Å². The maximum Gasteiger partial charge on any atom is 0.273 e. The summed E-state index contributed by atoms with van der Waals surface area (Å²) in [6.45, 7) is 4.08. The standard InChI is InChI=1S/C18H19N3O4/c1-11-9-15(12(2)25-11)18(24)20-19-17(23)13-5-3-6-14(10-13)21-8-4-7-16(21)22/h3,5-6,9-10H,4,7-8H2,1-2H3,(H,19,23)(H,20,24). The average molecular weight is 341 g/mol. The van der Waals surface area contributed by atoms with E-state index in [9.17, 15) is 14.4 Å². The van der Waals surface area contributed by atoms with E-state index in [2.05, 4.69) is 10.9 Å². The summed E-state index contributed by atoms with van der Waals surface area (Å²) in [6, 6.07) is 8.37. The first-order valence-electron chi connectivity index (χ1n) is 8.04. The van der Waals surface area contributed by atoms with Crippen molar-refractivity contribution in [1.82, 2.24) is 10.9 Å². The molecule has 1 fully saturated rings. The second kappa shape index (κ2) is 6.80. The van der Waals surface area contributed by atoms with Crippen LogP contribution in [-0.2, 0) is 4.79 Å². The van der Waals surface area contributed by atoms with Crippen LogP contribution in [-0.4, -0.2) is 24.3 Å². The Morgan fingerprint density at radius 2 is 1.88 bits per heavy atom. The Hall–Kier alpha value is -3.09. The maximum absolute atomic E-state index is 12.3. The minimum atomic E-state index is -0.459. The van der Waals surface area contributed by atoms with Gasteiger partial charge >= 0.3 is 0 Å². The number of nitrogens with zero attached hydrogens (tertiary/aromatic N) is 1. The Labute approximate surface area is 145 Å². The van der Waals surface area contributed by atoms with Crippen LogP contribution >= 0.6 is 0 Å². The lowest BCUT2D eigenvalue weighted by molar-refractivity contribution is -0.117. The zero-order chi connectivity index (χ0) is 18.0. The van der Waals surface area contributed by atoms with Gasteiger partial charge < -0.3 is 9.32 Å². The van der Waals surface area contributed by atoms with E-state index in [0.717, 1.165) is 6.42 Å². The predicted molar refractivity (Wildman–Crippen MR) is 91.1 cm³/mol. The average Bonchev–Trinajstić information content (AvgIpc) is 3.17. The molecule has 2 aromatic rings. The molecule has 1 aliphatic rings. The minimum absolute atomic E-state index is 0.0525. The number of rotatable bonds is 3. The first kappa shape index (κ1) is 16.8. The Kier molecular flexibility index (Phi) is 4.56. The summed E-state index contributed by atoms with van der Waals surface area (Å²) < 4.78 is 5.30. The summed E-state index contributed by atoms with van der Waals surface area (Å²) in [5, 5.41) is 0. The number of hydrazine groups is 1. The van der Waals surface area contributed by atoms with Crippen molar-refractivity contribution in [2.45, 2.75) is 26.7 Å². The molecule has 0 atom stereocenters. The van der Waals surface area contributed by atoms with Crippen LogP contribution in [0.3, 0.4) is 0 Å². The zero-order valence-corrected chi connectivity index (χ0v) is 14.1. The van der Waals surface area contributed by atoms with Crippen molar-refractivity contribution in [3.05, 3.63) is 53.0 Å². The third-order valence-corrected chi connectivity index (χ3v) is 4.07. The van der Waals surface area contributed by atoms with Crippen molar-refractivity contribution < 1.29 is 18.8 Å². The van der Waals surface area contributed by atoms with Crippen LogP contribution in [0, 0.1) is 13.8 Å². The van der Waals surface area contributed by atoms with Crippen molar-refractivity contribution in [3.8, 4) is 0 Å². The Bertz CT molecular complexity index is 841. The third-order valence-electron chi connectivity index (χ3n) is 4.07. The van der Waals surface area contributed by atoms with Gasteiger partial charge in [-0.15, -0.1) is 0 Å². The lowest BCUT2D eigenvalue weighted by Crippen LogP contribution is -2.41. The number of anilines is 1. The highest BCUT2D eigenvalue weighted by Gasteiger charge is 2.22. The van der Waals surface area contributed by atoms with Gasteiger partial charge in [-0.25, -0.2) is 0 Å². The second-order valence-corrected chi connectivity index (χ2v) is 5.93. The molecule has 0 radical (unpaired) electrons. The molecule has 2 N–H and O–H groups in total. The summed E-state index contributed by atoms with van der Waals surface area (Å²) in [4.78, 5) is 37.8. The number of nitrogens with one attached hydrogen (secondary N) is 2. The summed E-state index contributed by atoms with van der Waals surface area (Å²) in [7, 11) is 0. The van der Waals surface area contributed by atoms with Gasteiger partial charge in [-0.05, 0) is 44.5 Å². The molecule has 25 heavy (non-hydrogen) atoms. The van der Waals surface area contributed by atoms with E-state index in [1.807, 2.05) is 0 Å². The third kappa shape index (κ3) is 3.55. The summed E-state index contributed by atoms with van der Waals surface area (Å²) in [6.07, 6.45) is 1.34. The molecule has 2 heterocycles. The summed E-state index contributed by atoms with van der Waals surface area (Å²) in [5.74, 6) is 0.251. The fraction of sp³-hybridized carbons (Fsp3) is 0.278. The van der Waals surface area contributed by atoms with E-state index in [0.29, 0.717) is 41.3 Å². The molecule has 0 bridgehead atoms. The van der Waals surface area contributed by atoms with Gasteiger partial charge in [0.1, 0.15) is 11.5 Å². The van der Waals surface area contributed by atoms with E-state index in [-0.39, 0.29) is 5.91 Å². The monoisotopic (exact) mass is 341 g/mol. The smallest absolute Gasteiger partial charge is 0.273 e. The Morgan fingerprint density at radius 1 is 1.12 bits per heavy atom. The predicted octanol–water partition coefficient (Wildman–Crippen LogP) is 2.10. The molecule has 7 nitrogen and oxygen atoms in total. The number of furan rings is 1. The van der Waals surface area contributed by atoms with Crippen LogP contribution < -0.4 is 15.8 Å². The number of carbonyl (C=O) groups excluding carboxylic acids is 3.